The van der Waals surface area contributed by atoms with Crippen LogP contribution in [0, 0.1) is 17.8 Å². The molecule has 3 fully saturated rings. The van der Waals surface area contributed by atoms with Crippen LogP contribution in [0.5, 0.6) is 0 Å². The van der Waals surface area contributed by atoms with Gasteiger partial charge in [-0.3, -0.25) is 4.79 Å². The second kappa shape index (κ2) is 18.3. The summed E-state index contributed by atoms with van der Waals surface area (Å²) in [5.74, 6) is -0.429. The number of rotatable bonds is 10. The molecule has 10 heteroatoms. The third-order valence-electron chi connectivity index (χ3n) is 11.2. The number of ether oxygens (including phenoxy) is 3. The highest BCUT2D eigenvalue weighted by Gasteiger charge is 2.45. The fourth-order valence-corrected chi connectivity index (χ4v) is 7.67. The van der Waals surface area contributed by atoms with Gasteiger partial charge in [0.25, 0.3) is 0 Å². The lowest BCUT2D eigenvalue weighted by molar-refractivity contribution is -0.151. The number of nitrogens with zero attached hydrogens (tertiary/aromatic N) is 2. The first-order valence-corrected chi connectivity index (χ1v) is 18.9. The van der Waals surface area contributed by atoms with Gasteiger partial charge in [-0.15, -0.1) is 0 Å². The van der Waals surface area contributed by atoms with Crippen molar-refractivity contribution in [2.75, 3.05) is 26.2 Å². The van der Waals surface area contributed by atoms with Crippen LogP contribution in [-0.2, 0) is 19.0 Å². The molecule has 4 heterocycles. The molecule has 0 aromatic rings. The molecule has 0 radical (unpaired) electrons. The molecule has 4 aliphatic rings. The molecular formula is C39H64N2O8. The van der Waals surface area contributed by atoms with Crippen LogP contribution in [-0.4, -0.2) is 112 Å². The number of aliphatic hydroxyl groups excluding tert-OH is 2. The second-order valence-corrected chi connectivity index (χ2v) is 15.5. The molecule has 0 saturated carbocycles. The SMILES string of the molecule is CCC(O)C(C)C1OC1CC(C)/C=C/C=C(\C)C1OC(=O)CC(O)CCC(C)(O)C(OC(=O)N2CCC(N3CCCCC3)CC2)/C=C\C1C. The van der Waals surface area contributed by atoms with Gasteiger partial charge in [0, 0.05) is 31.0 Å². The zero-order chi connectivity index (χ0) is 35.7. The second-order valence-electron chi connectivity index (χ2n) is 15.5. The van der Waals surface area contributed by atoms with Crippen LogP contribution in [0.15, 0.2) is 36.0 Å². The Balaban J connectivity index is 1.40. The fraction of sp³-hybridized carbons (Fsp3) is 0.795. The van der Waals surface area contributed by atoms with Crippen LogP contribution in [0.2, 0.25) is 0 Å². The number of aliphatic hydroxyl groups is 3. The predicted octanol–water partition coefficient (Wildman–Crippen LogP) is 5.54. The standard InChI is InChI=1S/C39H64N2O8/c1-7-32(43)29(5)37-33(47-37)24-26(2)12-11-13-27(3)36-28(4)14-15-34(39(6,46)19-16-31(42)25-35(44)49-36)48-38(45)41-22-17-30(18-23-41)40-20-9-8-10-21-40/h11-15,26,28-34,36-37,42-43,46H,7-10,16-25H2,1-6H3/b12-11+,15-14-,27-13+. The van der Waals surface area contributed by atoms with Gasteiger partial charge in [0.15, 0.2) is 6.10 Å². The highest BCUT2D eigenvalue weighted by molar-refractivity contribution is 5.70. The van der Waals surface area contributed by atoms with E-state index in [9.17, 15) is 24.9 Å². The van der Waals surface area contributed by atoms with Crippen LogP contribution in [0.25, 0.3) is 0 Å². The van der Waals surface area contributed by atoms with Gasteiger partial charge < -0.3 is 39.3 Å². The maximum atomic E-state index is 13.4. The lowest BCUT2D eigenvalue weighted by atomic mass is 9.88. The van der Waals surface area contributed by atoms with E-state index in [4.69, 9.17) is 14.2 Å². The van der Waals surface area contributed by atoms with E-state index in [0.29, 0.717) is 25.6 Å². The zero-order valence-corrected chi connectivity index (χ0v) is 30.8. The number of cyclic esters (lactones) is 1. The number of allylic oxidation sites excluding steroid dienone is 3. The Morgan fingerprint density at radius 3 is 2.49 bits per heavy atom. The first kappa shape index (κ1) is 39.5. The number of hydrogen-bond acceptors (Lipinski definition) is 9. The third-order valence-corrected chi connectivity index (χ3v) is 11.2. The molecule has 3 N–H and O–H groups in total. The molecule has 49 heavy (non-hydrogen) atoms. The molecule has 4 rings (SSSR count). The summed E-state index contributed by atoms with van der Waals surface area (Å²) in [4.78, 5) is 30.6. The zero-order valence-electron chi connectivity index (χ0n) is 30.8. The number of carbonyl (C=O) groups is 2. The number of epoxide rings is 1. The van der Waals surface area contributed by atoms with Crippen molar-refractivity contribution in [2.45, 2.75) is 154 Å². The number of carbonyl (C=O) groups excluding carboxylic acids is 2. The summed E-state index contributed by atoms with van der Waals surface area (Å²) >= 11 is 0. The van der Waals surface area contributed by atoms with Crippen molar-refractivity contribution >= 4 is 12.1 Å². The van der Waals surface area contributed by atoms with E-state index in [1.807, 2.05) is 45.9 Å². The number of piperidine rings is 2. The van der Waals surface area contributed by atoms with E-state index in [2.05, 4.69) is 17.9 Å². The maximum absolute atomic E-state index is 13.4. The molecule has 0 bridgehead atoms. The Bertz CT molecular complexity index is 1160. The van der Waals surface area contributed by atoms with E-state index in [0.717, 1.165) is 37.9 Å². The number of amides is 1. The van der Waals surface area contributed by atoms with Crippen molar-refractivity contribution in [2.24, 2.45) is 17.8 Å². The Morgan fingerprint density at radius 1 is 1.12 bits per heavy atom. The smallest absolute Gasteiger partial charge is 0.410 e. The molecule has 0 aliphatic carbocycles. The maximum Gasteiger partial charge on any atom is 0.410 e. The summed E-state index contributed by atoms with van der Waals surface area (Å²) in [6.45, 7) is 15.1. The summed E-state index contributed by atoms with van der Waals surface area (Å²) in [6.07, 6.45) is 13.8. The average molecular weight is 689 g/mol. The van der Waals surface area contributed by atoms with Gasteiger partial charge in [0.2, 0.25) is 0 Å². The van der Waals surface area contributed by atoms with Crippen LogP contribution in [0.1, 0.15) is 106 Å². The summed E-state index contributed by atoms with van der Waals surface area (Å²) in [7, 11) is 0. The first-order valence-electron chi connectivity index (χ1n) is 18.9. The normalized spacial score (nSPS) is 35.5. The Labute approximate surface area is 294 Å². The van der Waals surface area contributed by atoms with Gasteiger partial charge in [-0.1, -0.05) is 58.4 Å². The minimum atomic E-state index is -1.45. The van der Waals surface area contributed by atoms with Crippen molar-refractivity contribution in [3.8, 4) is 0 Å². The molecule has 10 unspecified atom stereocenters. The molecule has 0 aromatic heterocycles. The predicted molar refractivity (Wildman–Crippen MR) is 190 cm³/mol. The van der Waals surface area contributed by atoms with Crippen molar-refractivity contribution in [1.29, 1.82) is 0 Å². The van der Waals surface area contributed by atoms with Gasteiger partial charge in [-0.25, -0.2) is 4.79 Å². The van der Waals surface area contributed by atoms with E-state index < -0.39 is 36.0 Å². The molecule has 3 saturated heterocycles. The molecule has 278 valence electrons. The van der Waals surface area contributed by atoms with Crippen molar-refractivity contribution < 1.29 is 39.1 Å². The van der Waals surface area contributed by atoms with Gasteiger partial charge in [-0.05, 0) is 95.9 Å². The van der Waals surface area contributed by atoms with Crippen LogP contribution >= 0.6 is 0 Å². The van der Waals surface area contributed by atoms with Crippen LogP contribution in [0.4, 0.5) is 4.79 Å². The van der Waals surface area contributed by atoms with Crippen LogP contribution in [0.3, 0.4) is 0 Å². The van der Waals surface area contributed by atoms with Crippen molar-refractivity contribution in [3.05, 3.63) is 36.0 Å². The summed E-state index contributed by atoms with van der Waals surface area (Å²) in [5.41, 5.74) is -0.615. The van der Waals surface area contributed by atoms with Gasteiger partial charge in [0.1, 0.15) is 11.7 Å². The minimum absolute atomic E-state index is 0.0993. The fourth-order valence-electron chi connectivity index (χ4n) is 7.67. The molecule has 10 atom stereocenters. The molecule has 4 aliphatic heterocycles. The monoisotopic (exact) mass is 688 g/mol. The quantitative estimate of drug-likeness (QED) is 0.117. The topological polar surface area (TPSA) is 132 Å². The summed E-state index contributed by atoms with van der Waals surface area (Å²) < 4.78 is 17.8. The summed E-state index contributed by atoms with van der Waals surface area (Å²) in [6, 6.07) is 0.499. The molecule has 1 amide bonds. The Morgan fingerprint density at radius 2 is 1.82 bits per heavy atom. The van der Waals surface area contributed by atoms with E-state index in [1.165, 1.54) is 19.3 Å². The Hall–Kier alpha value is -2.24. The first-order chi connectivity index (χ1) is 23.3. The molecule has 0 aromatic carbocycles. The van der Waals surface area contributed by atoms with Crippen molar-refractivity contribution in [1.82, 2.24) is 9.80 Å². The van der Waals surface area contributed by atoms with Crippen molar-refractivity contribution in [3.63, 3.8) is 0 Å². The van der Waals surface area contributed by atoms with E-state index >= 15 is 0 Å². The number of esters is 1. The minimum Gasteiger partial charge on any atom is -0.457 e. The van der Waals surface area contributed by atoms with E-state index in [1.54, 1.807) is 17.9 Å². The third kappa shape index (κ3) is 11.6. The Kier molecular flexibility index (Phi) is 14.8. The molecule has 0 spiro atoms. The summed E-state index contributed by atoms with van der Waals surface area (Å²) in [5, 5.41) is 32.3. The van der Waals surface area contributed by atoms with Gasteiger partial charge in [-0.2, -0.15) is 0 Å². The highest BCUT2D eigenvalue weighted by atomic mass is 16.6. The van der Waals surface area contributed by atoms with E-state index in [-0.39, 0.29) is 55.3 Å². The number of hydrogen-bond donors (Lipinski definition) is 3. The van der Waals surface area contributed by atoms with Gasteiger partial charge in [0.05, 0.1) is 30.8 Å². The average Bonchev–Trinajstić information content (AvgIpc) is 3.85. The van der Waals surface area contributed by atoms with Crippen LogP contribution < -0.4 is 0 Å². The highest BCUT2D eigenvalue weighted by Crippen LogP contribution is 2.36. The molecular weight excluding hydrogens is 624 g/mol. The number of likely N-dealkylation sites (tertiary alicyclic amines) is 2. The lowest BCUT2D eigenvalue weighted by Crippen LogP contribution is -2.50. The molecule has 10 nitrogen and oxygen atoms in total. The lowest BCUT2D eigenvalue weighted by Gasteiger charge is -2.40. The van der Waals surface area contributed by atoms with Gasteiger partial charge >= 0.3 is 12.1 Å². The largest absolute Gasteiger partial charge is 0.457 e.